The highest BCUT2D eigenvalue weighted by Gasteiger charge is 2.34. The Kier molecular flexibility index (Phi) is 7.44. The molecule has 0 radical (unpaired) electrons. The Morgan fingerprint density at radius 1 is 1.16 bits per heavy atom. The van der Waals surface area contributed by atoms with E-state index >= 15 is 0 Å². The van der Waals surface area contributed by atoms with Crippen LogP contribution >= 0.6 is 0 Å². The van der Waals surface area contributed by atoms with Crippen LogP contribution in [0.3, 0.4) is 0 Å². The van der Waals surface area contributed by atoms with Crippen molar-refractivity contribution in [2.24, 2.45) is 11.8 Å². The molecule has 1 aliphatic carbocycles. The fourth-order valence-electron chi connectivity index (χ4n) is 3.73. The molecule has 5 nitrogen and oxygen atoms in total. The Balaban J connectivity index is 2.03. The van der Waals surface area contributed by atoms with E-state index in [1.807, 2.05) is 37.3 Å². The molecule has 1 amide bonds. The van der Waals surface area contributed by atoms with Crippen molar-refractivity contribution in [3.05, 3.63) is 35.9 Å². The number of rotatable bonds is 8. The summed E-state index contributed by atoms with van der Waals surface area (Å²) in [6, 6.07) is 8.92. The fraction of sp³-hybridized carbons (Fsp3) is 0.600. The summed E-state index contributed by atoms with van der Waals surface area (Å²) in [5.74, 6) is -0.489. The number of nitrogens with one attached hydrogen (secondary N) is 1. The maximum Gasteiger partial charge on any atom is 0.328 e. The van der Waals surface area contributed by atoms with Gasteiger partial charge >= 0.3 is 5.97 Å². The second kappa shape index (κ2) is 9.56. The summed E-state index contributed by atoms with van der Waals surface area (Å²) in [6.45, 7) is 1.87. The van der Waals surface area contributed by atoms with E-state index in [1.54, 1.807) is 7.11 Å². The Labute approximate surface area is 150 Å². The van der Waals surface area contributed by atoms with E-state index in [2.05, 4.69) is 5.32 Å². The van der Waals surface area contributed by atoms with Gasteiger partial charge in [-0.3, -0.25) is 4.79 Å². The van der Waals surface area contributed by atoms with E-state index in [1.165, 1.54) is 20.0 Å². The van der Waals surface area contributed by atoms with Gasteiger partial charge in [-0.15, -0.1) is 0 Å². The number of amides is 1. The zero-order valence-corrected chi connectivity index (χ0v) is 15.4. The number of carbonyl (C=O) groups is 2. The summed E-state index contributed by atoms with van der Waals surface area (Å²) in [5, 5.41) is 2.86. The predicted octanol–water partition coefficient (Wildman–Crippen LogP) is 2.73. The number of esters is 1. The lowest BCUT2D eigenvalue weighted by molar-refractivity contribution is -0.146. The van der Waals surface area contributed by atoms with Crippen molar-refractivity contribution in [1.82, 2.24) is 5.32 Å². The van der Waals surface area contributed by atoms with Crippen LogP contribution in [0.5, 0.6) is 0 Å². The molecule has 2 rings (SSSR count). The Morgan fingerprint density at radius 3 is 2.36 bits per heavy atom. The van der Waals surface area contributed by atoms with Gasteiger partial charge in [0.1, 0.15) is 6.04 Å². The van der Waals surface area contributed by atoms with Gasteiger partial charge in [0.2, 0.25) is 5.91 Å². The molecular weight excluding hydrogens is 318 g/mol. The van der Waals surface area contributed by atoms with Crippen LogP contribution in [-0.2, 0) is 25.5 Å². The van der Waals surface area contributed by atoms with Gasteiger partial charge in [-0.05, 0) is 24.3 Å². The van der Waals surface area contributed by atoms with E-state index in [0.29, 0.717) is 12.3 Å². The molecule has 0 spiro atoms. The van der Waals surface area contributed by atoms with E-state index < -0.39 is 12.0 Å². The van der Waals surface area contributed by atoms with Crippen LogP contribution in [0.2, 0.25) is 0 Å². The van der Waals surface area contributed by atoms with Gasteiger partial charge in [0, 0.05) is 13.5 Å². The molecule has 3 atom stereocenters. The molecule has 1 fully saturated rings. The van der Waals surface area contributed by atoms with Gasteiger partial charge in [-0.25, -0.2) is 4.79 Å². The molecule has 1 aromatic carbocycles. The van der Waals surface area contributed by atoms with Gasteiger partial charge in [-0.1, -0.05) is 50.1 Å². The number of hydrogen-bond acceptors (Lipinski definition) is 4. The molecule has 0 unspecified atom stereocenters. The van der Waals surface area contributed by atoms with Crippen molar-refractivity contribution in [3.8, 4) is 0 Å². The SMILES string of the molecule is COC(=O)[C@H](Cc1ccccc1)NC(=O)[C@H](C)[C@@H](OC)C1CCCC1. The molecule has 1 aliphatic rings. The maximum absolute atomic E-state index is 12.7. The highest BCUT2D eigenvalue weighted by atomic mass is 16.5. The third-order valence-corrected chi connectivity index (χ3v) is 5.13. The minimum absolute atomic E-state index is 0.113. The summed E-state index contributed by atoms with van der Waals surface area (Å²) in [6.07, 6.45) is 4.88. The first kappa shape index (κ1) is 19.4. The van der Waals surface area contributed by atoms with Crippen LogP contribution in [-0.4, -0.2) is 38.2 Å². The van der Waals surface area contributed by atoms with Crippen LogP contribution in [0.25, 0.3) is 0 Å². The average molecular weight is 347 g/mol. The van der Waals surface area contributed by atoms with E-state index in [0.717, 1.165) is 18.4 Å². The molecule has 5 heteroatoms. The zero-order valence-electron chi connectivity index (χ0n) is 15.4. The van der Waals surface area contributed by atoms with Crippen LogP contribution in [0, 0.1) is 11.8 Å². The summed E-state index contributed by atoms with van der Waals surface area (Å²) in [5.41, 5.74) is 0.977. The first-order valence-electron chi connectivity index (χ1n) is 9.01. The lowest BCUT2D eigenvalue weighted by Crippen LogP contribution is -2.48. The number of hydrogen-bond donors (Lipinski definition) is 1. The maximum atomic E-state index is 12.7. The zero-order chi connectivity index (χ0) is 18.2. The minimum atomic E-state index is -0.691. The lowest BCUT2D eigenvalue weighted by Gasteiger charge is -2.28. The highest BCUT2D eigenvalue weighted by molar-refractivity contribution is 5.86. The van der Waals surface area contributed by atoms with Gasteiger partial charge in [0.15, 0.2) is 0 Å². The quantitative estimate of drug-likeness (QED) is 0.735. The van der Waals surface area contributed by atoms with Crippen molar-refractivity contribution in [2.45, 2.75) is 51.2 Å². The van der Waals surface area contributed by atoms with Crippen molar-refractivity contribution >= 4 is 11.9 Å². The summed E-state index contributed by atoms with van der Waals surface area (Å²) in [4.78, 5) is 24.8. The van der Waals surface area contributed by atoms with Crippen molar-refractivity contribution in [3.63, 3.8) is 0 Å². The van der Waals surface area contributed by atoms with Gasteiger partial charge in [0.25, 0.3) is 0 Å². The van der Waals surface area contributed by atoms with Gasteiger partial charge in [-0.2, -0.15) is 0 Å². The topological polar surface area (TPSA) is 64.6 Å². The number of methoxy groups -OCH3 is 2. The van der Waals surface area contributed by atoms with Crippen LogP contribution in [0.1, 0.15) is 38.2 Å². The third kappa shape index (κ3) is 5.30. The standard InChI is InChI=1S/C20H29NO4/c1-14(18(24-2)16-11-7-8-12-16)19(22)21-17(20(23)25-3)13-15-9-5-4-6-10-15/h4-6,9-10,14,16-18H,7-8,11-13H2,1-3H3,(H,21,22)/t14-,17+,18-/m1/s1. The molecule has 0 bridgehead atoms. The fourth-order valence-corrected chi connectivity index (χ4v) is 3.73. The lowest BCUT2D eigenvalue weighted by atomic mass is 9.89. The molecule has 138 valence electrons. The number of carbonyl (C=O) groups excluding carboxylic acids is 2. The number of benzene rings is 1. The highest BCUT2D eigenvalue weighted by Crippen LogP contribution is 2.32. The largest absolute Gasteiger partial charge is 0.467 e. The van der Waals surface area contributed by atoms with Crippen molar-refractivity contribution < 1.29 is 19.1 Å². The smallest absolute Gasteiger partial charge is 0.328 e. The van der Waals surface area contributed by atoms with Crippen molar-refractivity contribution in [2.75, 3.05) is 14.2 Å². The summed E-state index contributed by atoms with van der Waals surface area (Å²) in [7, 11) is 3.00. The summed E-state index contributed by atoms with van der Waals surface area (Å²) >= 11 is 0. The minimum Gasteiger partial charge on any atom is -0.467 e. The molecular formula is C20H29NO4. The first-order valence-corrected chi connectivity index (χ1v) is 9.01. The number of ether oxygens (including phenoxy) is 2. The molecule has 0 heterocycles. The van der Waals surface area contributed by atoms with E-state index in [9.17, 15) is 9.59 Å². The molecule has 1 N–H and O–H groups in total. The average Bonchev–Trinajstić information content (AvgIpc) is 3.16. The van der Waals surface area contributed by atoms with Gasteiger partial charge < -0.3 is 14.8 Å². The summed E-state index contributed by atoms with van der Waals surface area (Å²) < 4.78 is 10.5. The first-order chi connectivity index (χ1) is 12.1. The van der Waals surface area contributed by atoms with Crippen molar-refractivity contribution in [1.29, 1.82) is 0 Å². The van der Waals surface area contributed by atoms with Gasteiger partial charge in [0.05, 0.1) is 19.1 Å². The molecule has 0 aromatic heterocycles. The Morgan fingerprint density at radius 2 is 1.80 bits per heavy atom. The van der Waals surface area contributed by atoms with Crippen LogP contribution in [0.15, 0.2) is 30.3 Å². The molecule has 0 aliphatic heterocycles. The van der Waals surface area contributed by atoms with Crippen LogP contribution in [0.4, 0.5) is 0 Å². The normalized spacial score (nSPS) is 18.4. The molecule has 1 saturated carbocycles. The predicted molar refractivity (Wildman–Crippen MR) is 96.0 cm³/mol. The molecule has 25 heavy (non-hydrogen) atoms. The van der Waals surface area contributed by atoms with Crippen LogP contribution < -0.4 is 5.32 Å². The Hall–Kier alpha value is -1.88. The van der Waals surface area contributed by atoms with E-state index in [-0.39, 0.29) is 17.9 Å². The molecule has 0 saturated heterocycles. The Bertz CT molecular complexity index is 554. The molecule has 1 aromatic rings. The third-order valence-electron chi connectivity index (χ3n) is 5.13. The van der Waals surface area contributed by atoms with E-state index in [4.69, 9.17) is 9.47 Å². The second-order valence-electron chi connectivity index (χ2n) is 6.81. The monoisotopic (exact) mass is 347 g/mol. The second-order valence-corrected chi connectivity index (χ2v) is 6.81.